The third kappa shape index (κ3) is 3.52. The summed E-state index contributed by atoms with van der Waals surface area (Å²) in [5.74, 6) is 0.212. The maximum Gasteiger partial charge on any atom is 0.137 e. The van der Waals surface area contributed by atoms with Crippen LogP contribution < -0.4 is 10.1 Å². The van der Waals surface area contributed by atoms with Crippen LogP contribution in [-0.2, 0) is 6.54 Å². The Morgan fingerprint density at radius 1 is 1.42 bits per heavy atom. The van der Waals surface area contributed by atoms with Crippen molar-refractivity contribution in [2.75, 3.05) is 13.7 Å². The summed E-state index contributed by atoms with van der Waals surface area (Å²) in [4.78, 5) is 5.39. The van der Waals surface area contributed by atoms with Crippen LogP contribution in [0, 0.1) is 5.82 Å². The van der Waals surface area contributed by atoms with E-state index in [9.17, 15) is 4.39 Å². The zero-order valence-corrected chi connectivity index (χ0v) is 11.9. The molecule has 0 fully saturated rings. The molecule has 0 radical (unpaired) electrons. The molecule has 0 saturated heterocycles. The van der Waals surface area contributed by atoms with Gasteiger partial charge in [0.25, 0.3) is 0 Å². The van der Waals surface area contributed by atoms with Crippen LogP contribution in [0.15, 0.2) is 24.4 Å². The molecule has 0 bridgehead atoms. The van der Waals surface area contributed by atoms with Gasteiger partial charge in [0.1, 0.15) is 16.6 Å². The van der Waals surface area contributed by atoms with E-state index in [2.05, 4.69) is 17.2 Å². The van der Waals surface area contributed by atoms with Crippen LogP contribution in [0.3, 0.4) is 0 Å². The smallest absolute Gasteiger partial charge is 0.137 e. The van der Waals surface area contributed by atoms with E-state index in [0.717, 1.165) is 24.4 Å². The molecule has 2 rings (SSSR count). The van der Waals surface area contributed by atoms with Gasteiger partial charge >= 0.3 is 0 Å². The lowest BCUT2D eigenvalue weighted by Crippen LogP contribution is -2.12. The molecule has 102 valence electrons. The van der Waals surface area contributed by atoms with E-state index in [1.54, 1.807) is 18.3 Å². The molecule has 0 atom stereocenters. The molecule has 0 spiro atoms. The van der Waals surface area contributed by atoms with E-state index >= 15 is 0 Å². The van der Waals surface area contributed by atoms with E-state index in [1.807, 2.05) is 0 Å². The van der Waals surface area contributed by atoms with Gasteiger partial charge in [-0.15, -0.1) is 11.3 Å². The van der Waals surface area contributed by atoms with E-state index < -0.39 is 0 Å². The Kier molecular flexibility index (Phi) is 4.87. The van der Waals surface area contributed by atoms with Crippen molar-refractivity contribution >= 4 is 11.3 Å². The average Bonchev–Trinajstić information content (AvgIpc) is 2.87. The first-order chi connectivity index (χ1) is 9.24. The molecule has 0 saturated carbocycles. The number of nitrogens with one attached hydrogen (secondary N) is 1. The van der Waals surface area contributed by atoms with E-state index in [1.165, 1.54) is 24.5 Å². The van der Waals surface area contributed by atoms with Crippen molar-refractivity contribution in [1.82, 2.24) is 10.3 Å². The quantitative estimate of drug-likeness (QED) is 0.823. The predicted molar refractivity (Wildman–Crippen MR) is 76.1 cm³/mol. The molecule has 1 aromatic heterocycles. The molecule has 3 nitrogen and oxygen atoms in total. The molecule has 1 heterocycles. The van der Waals surface area contributed by atoms with Crippen molar-refractivity contribution in [3.8, 4) is 16.3 Å². The van der Waals surface area contributed by atoms with Crippen LogP contribution in [0.5, 0.6) is 5.75 Å². The fourth-order valence-corrected chi connectivity index (χ4v) is 2.61. The second-order valence-corrected chi connectivity index (χ2v) is 5.27. The van der Waals surface area contributed by atoms with Gasteiger partial charge in [-0.1, -0.05) is 6.92 Å². The van der Waals surface area contributed by atoms with Crippen LogP contribution in [0.1, 0.15) is 18.2 Å². The first-order valence-corrected chi connectivity index (χ1v) is 7.05. The molecule has 0 unspecified atom stereocenters. The van der Waals surface area contributed by atoms with Crippen LogP contribution in [0.25, 0.3) is 10.6 Å². The van der Waals surface area contributed by atoms with Gasteiger partial charge in [-0.25, -0.2) is 9.37 Å². The van der Waals surface area contributed by atoms with Crippen molar-refractivity contribution in [3.05, 3.63) is 35.1 Å². The number of ether oxygens (including phenoxy) is 1. The number of rotatable bonds is 6. The summed E-state index contributed by atoms with van der Waals surface area (Å²) in [5, 5.41) is 4.01. The normalized spacial score (nSPS) is 10.7. The first-order valence-electron chi connectivity index (χ1n) is 6.24. The Bertz CT molecular complexity index is 542. The third-order valence-corrected chi connectivity index (χ3v) is 3.72. The molecule has 1 aromatic carbocycles. The predicted octanol–water partition coefficient (Wildman–Crippen LogP) is 3.46. The largest absolute Gasteiger partial charge is 0.497 e. The number of nitrogens with zero attached hydrogens (tertiary/aromatic N) is 1. The average molecular weight is 280 g/mol. The number of thiazole rings is 1. The van der Waals surface area contributed by atoms with E-state index in [-0.39, 0.29) is 5.82 Å². The number of halogens is 1. The molecule has 2 aromatic rings. The lowest BCUT2D eigenvalue weighted by molar-refractivity contribution is 0.411. The van der Waals surface area contributed by atoms with Crippen LogP contribution in [0.4, 0.5) is 4.39 Å². The van der Waals surface area contributed by atoms with Gasteiger partial charge in [0.15, 0.2) is 0 Å². The van der Waals surface area contributed by atoms with Crippen molar-refractivity contribution < 1.29 is 9.13 Å². The Morgan fingerprint density at radius 3 is 2.95 bits per heavy atom. The maximum absolute atomic E-state index is 13.9. The van der Waals surface area contributed by atoms with Gasteiger partial charge in [-0.2, -0.15) is 0 Å². The van der Waals surface area contributed by atoms with Gasteiger partial charge in [-0.05, 0) is 25.1 Å². The molecule has 0 aliphatic carbocycles. The fraction of sp³-hybridized carbons (Fsp3) is 0.357. The van der Waals surface area contributed by atoms with Crippen molar-refractivity contribution in [2.45, 2.75) is 19.9 Å². The summed E-state index contributed by atoms with van der Waals surface area (Å²) in [6.07, 6.45) is 2.89. The van der Waals surface area contributed by atoms with Crippen LogP contribution in [0.2, 0.25) is 0 Å². The van der Waals surface area contributed by atoms with Crippen molar-refractivity contribution in [2.24, 2.45) is 0 Å². The highest BCUT2D eigenvalue weighted by atomic mass is 32.1. The van der Waals surface area contributed by atoms with Gasteiger partial charge in [0, 0.05) is 29.2 Å². The number of aromatic nitrogens is 1. The minimum Gasteiger partial charge on any atom is -0.497 e. The summed E-state index contributed by atoms with van der Waals surface area (Å²) in [6, 6.07) is 4.83. The Labute approximate surface area is 116 Å². The van der Waals surface area contributed by atoms with E-state index in [4.69, 9.17) is 4.74 Å². The van der Waals surface area contributed by atoms with Crippen molar-refractivity contribution in [1.29, 1.82) is 0 Å². The zero-order chi connectivity index (χ0) is 13.7. The number of hydrogen-bond acceptors (Lipinski definition) is 4. The molecular weight excluding hydrogens is 263 g/mol. The monoisotopic (exact) mass is 280 g/mol. The van der Waals surface area contributed by atoms with Gasteiger partial charge in [0.2, 0.25) is 0 Å². The first kappa shape index (κ1) is 14.0. The summed E-state index contributed by atoms with van der Waals surface area (Å²) >= 11 is 1.51. The number of methoxy groups -OCH3 is 1. The summed E-state index contributed by atoms with van der Waals surface area (Å²) in [5.41, 5.74) is 0.521. The maximum atomic E-state index is 13.9. The van der Waals surface area contributed by atoms with Gasteiger partial charge < -0.3 is 10.1 Å². The van der Waals surface area contributed by atoms with Crippen LogP contribution >= 0.6 is 11.3 Å². The highest BCUT2D eigenvalue weighted by Gasteiger charge is 2.10. The second-order valence-electron chi connectivity index (χ2n) is 4.15. The SMILES string of the molecule is CCCNCc1cnc(-c2ccc(OC)cc2F)s1. The lowest BCUT2D eigenvalue weighted by atomic mass is 10.2. The molecular formula is C14H17FN2OS. The number of benzene rings is 1. The molecule has 0 aliphatic heterocycles. The standard InChI is InChI=1S/C14H17FN2OS/c1-3-6-16-8-11-9-17-14(19-11)12-5-4-10(18-2)7-13(12)15/h4-5,7,9,16H,3,6,8H2,1-2H3. The zero-order valence-electron chi connectivity index (χ0n) is 11.1. The summed E-state index contributed by atoms with van der Waals surface area (Å²) in [6.45, 7) is 3.88. The Morgan fingerprint density at radius 2 is 2.26 bits per heavy atom. The molecule has 1 N–H and O–H groups in total. The van der Waals surface area contributed by atoms with Gasteiger partial charge in [0.05, 0.1) is 7.11 Å². The lowest BCUT2D eigenvalue weighted by Gasteiger charge is -2.02. The van der Waals surface area contributed by atoms with E-state index in [0.29, 0.717) is 16.3 Å². The summed E-state index contributed by atoms with van der Waals surface area (Å²) in [7, 11) is 1.52. The third-order valence-electron chi connectivity index (χ3n) is 2.69. The highest BCUT2D eigenvalue weighted by molar-refractivity contribution is 7.15. The molecule has 0 aliphatic rings. The number of hydrogen-bond donors (Lipinski definition) is 1. The highest BCUT2D eigenvalue weighted by Crippen LogP contribution is 2.29. The fourth-order valence-electron chi connectivity index (χ4n) is 1.70. The minimum absolute atomic E-state index is 0.304. The van der Waals surface area contributed by atoms with Gasteiger partial charge in [-0.3, -0.25) is 0 Å². The van der Waals surface area contributed by atoms with Crippen molar-refractivity contribution in [3.63, 3.8) is 0 Å². The summed E-state index contributed by atoms with van der Waals surface area (Å²) < 4.78 is 18.9. The van der Waals surface area contributed by atoms with Crippen LogP contribution in [-0.4, -0.2) is 18.6 Å². The minimum atomic E-state index is -0.304. The molecule has 5 heteroatoms. The molecule has 19 heavy (non-hydrogen) atoms. The topological polar surface area (TPSA) is 34.2 Å². The molecule has 0 amide bonds. The Hall–Kier alpha value is -1.46. The second kappa shape index (κ2) is 6.63. The Balaban J connectivity index is 2.13.